The van der Waals surface area contributed by atoms with Crippen LogP contribution in [0, 0.1) is 0 Å². The van der Waals surface area contributed by atoms with E-state index < -0.39 is 37.1 Å². The van der Waals surface area contributed by atoms with Crippen molar-refractivity contribution in [1.82, 2.24) is 15.2 Å². The molecule has 1 aromatic carbocycles. The molecule has 5 N–H and O–H groups in total. The molecule has 0 unspecified atom stereocenters. The fourth-order valence-electron chi connectivity index (χ4n) is 2.60. The number of nitrogens with zero attached hydrogens (tertiary/aromatic N) is 2. The lowest BCUT2D eigenvalue weighted by Crippen LogP contribution is -2.55. The van der Waals surface area contributed by atoms with E-state index in [-0.39, 0.29) is 5.82 Å². The summed E-state index contributed by atoms with van der Waals surface area (Å²) in [5, 5.41) is 45.7. The van der Waals surface area contributed by atoms with Crippen LogP contribution in [0.1, 0.15) is 11.9 Å². The zero-order valence-corrected chi connectivity index (χ0v) is 12.9. The van der Waals surface area contributed by atoms with Crippen LogP contribution in [0.5, 0.6) is 5.75 Å². The van der Waals surface area contributed by atoms with Crippen molar-refractivity contribution in [3.05, 3.63) is 30.1 Å². The van der Waals surface area contributed by atoms with Gasteiger partial charge in [0.15, 0.2) is 11.6 Å². The summed E-state index contributed by atoms with van der Waals surface area (Å²) in [5.41, 5.74) is 0.725. The van der Waals surface area contributed by atoms with Crippen LogP contribution >= 0.6 is 0 Å². The van der Waals surface area contributed by atoms with E-state index >= 15 is 0 Å². The molecule has 0 bridgehead atoms. The van der Waals surface area contributed by atoms with E-state index in [2.05, 4.69) is 15.2 Å². The van der Waals surface area contributed by atoms with Crippen molar-refractivity contribution in [3.8, 4) is 17.1 Å². The third-order valence-corrected chi connectivity index (χ3v) is 4.01. The molecule has 1 saturated heterocycles. The number of H-pyrrole nitrogens is 1. The Morgan fingerprint density at radius 2 is 1.83 bits per heavy atom. The molecule has 2 heterocycles. The van der Waals surface area contributed by atoms with Crippen molar-refractivity contribution in [2.24, 2.45) is 0 Å². The Labute approximate surface area is 137 Å². The second kappa shape index (κ2) is 6.83. The van der Waals surface area contributed by atoms with Crippen LogP contribution in [0.25, 0.3) is 11.4 Å². The molecule has 1 fully saturated rings. The molecule has 0 radical (unpaired) electrons. The van der Waals surface area contributed by atoms with Gasteiger partial charge >= 0.3 is 0 Å². The lowest BCUT2D eigenvalue weighted by molar-refractivity contribution is -0.233. The smallest absolute Gasteiger partial charge is 0.181 e. The van der Waals surface area contributed by atoms with Crippen LogP contribution in [0.3, 0.4) is 0 Å². The third-order valence-electron chi connectivity index (χ3n) is 4.01. The quantitative estimate of drug-likeness (QED) is 0.478. The second-order valence-corrected chi connectivity index (χ2v) is 5.52. The summed E-state index contributed by atoms with van der Waals surface area (Å²) >= 11 is 0. The molecule has 0 spiro atoms. The van der Waals surface area contributed by atoms with E-state index in [1.54, 1.807) is 31.4 Å². The molecule has 5 atom stereocenters. The highest BCUT2D eigenvalue weighted by molar-refractivity contribution is 5.55. The topological polar surface area (TPSA) is 141 Å². The van der Waals surface area contributed by atoms with Gasteiger partial charge in [-0.25, -0.2) is 4.98 Å². The number of nitrogens with one attached hydrogen (secondary N) is 1. The normalized spacial score (nSPS) is 30.3. The van der Waals surface area contributed by atoms with Gasteiger partial charge in [-0.15, -0.1) is 0 Å². The molecular formula is C15H19N3O6. The van der Waals surface area contributed by atoms with E-state index in [4.69, 9.17) is 9.47 Å². The Kier molecular flexibility index (Phi) is 4.78. The largest absolute Gasteiger partial charge is 0.497 e. The standard InChI is InChI=1S/C15H19N3O6/c1-23-8-4-2-7(3-5-8)14-16-15(18-17-14)13-12(22)11(21)10(20)9(6-19)24-13/h2-5,9-13,19-22H,6H2,1H3,(H,16,17,18)/t9-,10-,11+,12-,13-/m1/s1. The number of ether oxygens (including phenoxy) is 2. The number of aromatic nitrogens is 3. The van der Waals surface area contributed by atoms with E-state index in [1.165, 1.54) is 0 Å². The van der Waals surface area contributed by atoms with Crippen molar-refractivity contribution < 1.29 is 29.9 Å². The molecule has 1 aliphatic heterocycles. The number of methoxy groups -OCH3 is 1. The van der Waals surface area contributed by atoms with E-state index in [0.717, 1.165) is 5.56 Å². The Bertz CT molecular complexity index is 674. The molecular weight excluding hydrogens is 318 g/mol. The molecule has 0 saturated carbocycles. The van der Waals surface area contributed by atoms with Gasteiger partial charge < -0.3 is 29.9 Å². The first kappa shape index (κ1) is 16.8. The summed E-state index contributed by atoms with van der Waals surface area (Å²) in [6.45, 7) is -0.499. The van der Waals surface area contributed by atoms with Gasteiger partial charge in [-0.2, -0.15) is 5.10 Å². The first-order valence-corrected chi connectivity index (χ1v) is 7.42. The van der Waals surface area contributed by atoms with Crippen LogP contribution in [0.4, 0.5) is 0 Å². The van der Waals surface area contributed by atoms with Gasteiger partial charge in [0.2, 0.25) is 0 Å². The van der Waals surface area contributed by atoms with Gasteiger partial charge in [-0.3, -0.25) is 5.10 Å². The third kappa shape index (κ3) is 2.99. The van der Waals surface area contributed by atoms with Gasteiger partial charge in [0, 0.05) is 5.56 Å². The number of benzene rings is 1. The molecule has 2 aromatic rings. The minimum atomic E-state index is -1.46. The fraction of sp³-hybridized carbons (Fsp3) is 0.467. The number of aromatic amines is 1. The highest BCUT2D eigenvalue weighted by Gasteiger charge is 2.45. The molecule has 1 aromatic heterocycles. The number of aliphatic hydroxyl groups is 4. The molecule has 1 aliphatic rings. The van der Waals surface area contributed by atoms with Gasteiger partial charge in [-0.05, 0) is 24.3 Å². The van der Waals surface area contributed by atoms with Gasteiger partial charge in [0.05, 0.1) is 13.7 Å². The summed E-state index contributed by atoms with van der Waals surface area (Å²) in [6.07, 6.45) is -6.32. The van der Waals surface area contributed by atoms with Gasteiger partial charge in [0.1, 0.15) is 36.3 Å². The lowest BCUT2D eigenvalue weighted by Gasteiger charge is -2.38. The number of hydrogen-bond donors (Lipinski definition) is 5. The number of aliphatic hydroxyl groups excluding tert-OH is 4. The maximum Gasteiger partial charge on any atom is 0.181 e. The molecule has 9 heteroatoms. The SMILES string of the molecule is COc1ccc(-c2n[nH]c([C@@H]3O[C@H](CO)[C@@H](O)[C@H](O)[C@H]3O)n2)cc1. The minimum Gasteiger partial charge on any atom is -0.497 e. The fourth-order valence-corrected chi connectivity index (χ4v) is 2.60. The maximum atomic E-state index is 10.1. The maximum absolute atomic E-state index is 10.1. The van der Waals surface area contributed by atoms with Crippen LogP contribution in [-0.4, -0.2) is 73.7 Å². The van der Waals surface area contributed by atoms with Crippen molar-refractivity contribution in [1.29, 1.82) is 0 Å². The summed E-state index contributed by atoms with van der Waals surface area (Å²) < 4.78 is 10.5. The van der Waals surface area contributed by atoms with E-state index in [0.29, 0.717) is 11.6 Å². The molecule has 130 valence electrons. The van der Waals surface area contributed by atoms with Crippen LogP contribution < -0.4 is 4.74 Å². The van der Waals surface area contributed by atoms with E-state index in [9.17, 15) is 20.4 Å². The second-order valence-electron chi connectivity index (χ2n) is 5.52. The molecule has 0 amide bonds. The minimum absolute atomic E-state index is 0.192. The molecule has 0 aliphatic carbocycles. The van der Waals surface area contributed by atoms with Crippen molar-refractivity contribution in [2.75, 3.05) is 13.7 Å². The Morgan fingerprint density at radius 3 is 2.46 bits per heavy atom. The van der Waals surface area contributed by atoms with Crippen molar-refractivity contribution in [2.45, 2.75) is 30.5 Å². The molecule has 24 heavy (non-hydrogen) atoms. The van der Waals surface area contributed by atoms with Crippen molar-refractivity contribution in [3.63, 3.8) is 0 Å². The Hall–Kier alpha value is -2.04. The van der Waals surface area contributed by atoms with Gasteiger partial charge in [0.25, 0.3) is 0 Å². The monoisotopic (exact) mass is 337 g/mol. The average Bonchev–Trinajstić information content (AvgIpc) is 3.10. The first-order chi connectivity index (χ1) is 11.5. The van der Waals surface area contributed by atoms with E-state index in [1.807, 2.05) is 0 Å². The van der Waals surface area contributed by atoms with Crippen LogP contribution in [0.15, 0.2) is 24.3 Å². The molecule has 9 nitrogen and oxygen atoms in total. The Balaban J connectivity index is 1.83. The summed E-state index contributed by atoms with van der Waals surface area (Å²) in [6, 6.07) is 7.08. The zero-order chi connectivity index (χ0) is 17.3. The average molecular weight is 337 g/mol. The summed E-state index contributed by atoms with van der Waals surface area (Å²) in [7, 11) is 1.57. The predicted molar refractivity (Wildman–Crippen MR) is 81.1 cm³/mol. The number of rotatable bonds is 4. The zero-order valence-electron chi connectivity index (χ0n) is 12.9. The molecule has 3 rings (SSSR count). The number of hydrogen-bond acceptors (Lipinski definition) is 8. The lowest BCUT2D eigenvalue weighted by atomic mass is 9.95. The Morgan fingerprint density at radius 1 is 1.12 bits per heavy atom. The van der Waals surface area contributed by atoms with Gasteiger partial charge in [-0.1, -0.05) is 0 Å². The first-order valence-electron chi connectivity index (χ1n) is 7.42. The summed E-state index contributed by atoms with van der Waals surface area (Å²) in [5.74, 6) is 1.27. The van der Waals surface area contributed by atoms with Crippen LogP contribution in [0.2, 0.25) is 0 Å². The predicted octanol–water partition coefficient (Wildman–Crippen LogP) is -1.00. The summed E-state index contributed by atoms with van der Waals surface area (Å²) in [4.78, 5) is 4.27. The highest BCUT2D eigenvalue weighted by atomic mass is 16.5. The highest BCUT2D eigenvalue weighted by Crippen LogP contribution is 2.31. The van der Waals surface area contributed by atoms with Crippen molar-refractivity contribution >= 4 is 0 Å². The van der Waals surface area contributed by atoms with Crippen LogP contribution in [-0.2, 0) is 4.74 Å².